The van der Waals surface area contributed by atoms with E-state index in [2.05, 4.69) is 103 Å². The van der Waals surface area contributed by atoms with E-state index in [1.165, 1.54) is 14.3 Å². The van der Waals surface area contributed by atoms with Crippen molar-refractivity contribution >= 4 is 90.4 Å². The largest absolute Gasteiger partial charge is 0.0439 e. The maximum Gasteiger partial charge on any atom is 0.0400 e. The molecule has 0 saturated carbocycles. The van der Waals surface area contributed by atoms with E-state index >= 15 is 0 Å². The second kappa shape index (κ2) is 4.58. The van der Waals surface area contributed by atoms with Crippen LogP contribution in [0, 0.1) is 21.2 Å². The number of benzene rings is 1. The minimum Gasteiger partial charge on any atom is -0.0439 e. The van der Waals surface area contributed by atoms with E-state index in [1.54, 1.807) is 0 Å². The van der Waals surface area contributed by atoms with Crippen LogP contribution in [-0.4, -0.2) is 0 Å². The van der Waals surface area contributed by atoms with Crippen molar-refractivity contribution in [2.24, 2.45) is 0 Å². The van der Waals surface area contributed by atoms with Crippen LogP contribution in [0.15, 0.2) is 6.07 Å². The highest BCUT2D eigenvalue weighted by atomic mass is 127. The minimum absolute atomic E-state index is 1.15. The maximum atomic E-state index is 4.00. The molecule has 0 fully saturated rings. The van der Waals surface area contributed by atoms with Crippen molar-refractivity contribution in [3.63, 3.8) is 0 Å². The Labute approximate surface area is 121 Å². The van der Waals surface area contributed by atoms with Gasteiger partial charge in [0.15, 0.2) is 0 Å². The van der Waals surface area contributed by atoms with E-state index < -0.39 is 0 Å². The zero-order valence-corrected chi connectivity index (χ0v) is 13.9. The minimum atomic E-state index is 1.15. The van der Waals surface area contributed by atoms with Gasteiger partial charge in [0.1, 0.15) is 0 Å². The van der Waals surface area contributed by atoms with Crippen molar-refractivity contribution in [2.75, 3.05) is 0 Å². The van der Waals surface area contributed by atoms with E-state index in [9.17, 15) is 0 Å². The first-order valence-electron chi connectivity index (χ1n) is 2.69. The molecule has 0 N–H and O–H groups in total. The van der Waals surface area contributed by atoms with E-state index in [-0.39, 0.29) is 0 Å². The van der Waals surface area contributed by atoms with Crippen molar-refractivity contribution in [1.29, 1.82) is 0 Å². The van der Waals surface area contributed by atoms with Gasteiger partial charge in [0.05, 0.1) is 0 Å². The Morgan fingerprint density at radius 1 is 0.909 bits per heavy atom. The summed E-state index contributed by atoms with van der Waals surface area (Å²) in [7, 11) is 0. The summed E-state index contributed by atoms with van der Waals surface area (Å²) in [6, 6.07) is 2.16. The van der Waals surface area contributed by atoms with Gasteiger partial charge in [0, 0.05) is 14.3 Å². The molecule has 4 heteroatoms. The lowest BCUT2D eigenvalue weighted by Gasteiger charge is -2.05. The van der Waals surface area contributed by atoms with Crippen molar-refractivity contribution in [2.45, 2.75) is 0 Å². The Morgan fingerprint density at radius 2 is 1.45 bits per heavy atom. The van der Waals surface area contributed by atoms with Gasteiger partial charge in [-0.3, -0.25) is 0 Å². The molecule has 0 heterocycles. The Kier molecular flexibility index (Phi) is 4.67. The van der Waals surface area contributed by atoms with E-state index in [0.29, 0.717) is 0 Å². The van der Waals surface area contributed by atoms with Crippen LogP contribution in [0.3, 0.4) is 0 Å². The van der Waals surface area contributed by atoms with Crippen LogP contribution in [0.25, 0.3) is 0 Å². The third-order valence-corrected chi connectivity index (χ3v) is 7.40. The standard InChI is InChI=1S/C7H3I4/c1-3-4(8)2-5(9)7(11)6(3)10/h2H,1H2. The van der Waals surface area contributed by atoms with Crippen molar-refractivity contribution < 1.29 is 0 Å². The van der Waals surface area contributed by atoms with Crippen molar-refractivity contribution in [3.05, 3.63) is 32.8 Å². The molecule has 0 amide bonds. The Hall–Kier alpha value is 2.14. The summed E-state index contributed by atoms with van der Waals surface area (Å²) in [6.45, 7) is 4.00. The molecule has 0 aliphatic heterocycles. The summed E-state index contributed by atoms with van der Waals surface area (Å²) in [5.74, 6) is 0. The molecular weight excluding hydrogens is 592 g/mol. The summed E-state index contributed by atoms with van der Waals surface area (Å²) in [5, 5.41) is 0. The molecule has 0 aromatic heterocycles. The monoisotopic (exact) mass is 595 g/mol. The average molecular weight is 595 g/mol. The number of rotatable bonds is 0. The Bertz CT molecular complexity index is 267. The van der Waals surface area contributed by atoms with Gasteiger partial charge < -0.3 is 0 Å². The summed E-state index contributed by atoms with van der Waals surface area (Å²) in [4.78, 5) is 0. The van der Waals surface area contributed by atoms with E-state index in [0.717, 1.165) is 5.56 Å². The SMILES string of the molecule is [CH2]c1c(I)cc(I)c(I)c1I. The molecule has 0 nitrogen and oxygen atoms in total. The fraction of sp³-hybridized carbons (Fsp3) is 0. The van der Waals surface area contributed by atoms with Gasteiger partial charge in [-0.05, 0) is 109 Å². The van der Waals surface area contributed by atoms with Gasteiger partial charge in [-0.15, -0.1) is 0 Å². The van der Waals surface area contributed by atoms with Gasteiger partial charge in [-0.2, -0.15) is 0 Å². The second-order valence-electron chi connectivity index (χ2n) is 1.95. The van der Waals surface area contributed by atoms with Gasteiger partial charge in [-0.25, -0.2) is 0 Å². The average Bonchev–Trinajstić information content (AvgIpc) is 1.97. The lowest BCUT2D eigenvalue weighted by atomic mass is 10.2. The van der Waals surface area contributed by atoms with Crippen LogP contribution in [0.2, 0.25) is 0 Å². The molecule has 0 bridgehead atoms. The highest BCUT2D eigenvalue weighted by Gasteiger charge is 2.07. The molecular formula is C7H3I4. The molecule has 0 aliphatic carbocycles. The predicted octanol–water partition coefficient (Wildman–Crippen LogP) is 4.29. The number of hydrogen-bond acceptors (Lipinski definition) is 0. The van der Waals surface area contributed by atoms with Crippen LogP contribution in [0.5, 0.6) is 0 Å². The predicted molar refractivity (Wildman–Crippen MR) is 81.8 cm³/mol. The molecule has 1 aromatic rings. The fourth-order valence-corrected chi connectivity index (χ4v) is 4.46. The van der Waals surface area contributed by atoms with Gasteiger partial charge >= 0.3 is 0 Å². The third kappa shape index (κ3) is 2.55. The fourth-order valence-electron chi connectivity index (χ4n) is 0.604. The van der Waals surface area contributed by atoms with Gasteiger partial charge in [0.25, 0.3) is 0 Å². The lowest BCUT2D eigenvalue weighted by Crippen LogP contribution is -1.92. The normalized spacial score (nSPS) is 10.3. The molecule has 0 saturated heterocycles. The summed E-state index contributed by atoms with van der Waals surface area (Å²) in [5.41, 5.74) is 1.15. The molecule has 1 radical (unpaired) electrons. The highest BCUT2D eigenvalue weighted by molar-refractivity contribution is 14.1. The summed E-state index contributed by atoms with van der Waals surface area (Å²) < 4.78 is 5.15. The van der Waals surface area contributed by atoms with Crippen LogP contribution in [0.1, 0.15) is 5.56 Å². The van der Waals surface area contributed by atoms with Crippen LogP contribution in [-0.2, 0) is 0 Å². The highest BCUT2D eigenvalue weighted by Crippen LogP contribution is 2.27. The molecule has 0 atom stereocenters. The first-order chi connectivity index (χ1) is 5.04. The lowest BCUT2D eigenvalue weighted by molar-refractivity contribution is 1.43. The quantitative estimate of drug-likeness (QED) is 0.239. The third-order valence-electron chi connectivity index (χ3n) is 1.21. The molecule has 1 rings (SSSR count). The molecule has 0 aliphatic rings. The zero-order valence-electron chi connectivity index (χ0n) is 5.30. The topological polar surface area (TPSA) is 0 Å². The van der Waals surface area contributed by atoms with E-state index in [1.807, 2.05) is 0 Å². The van der Waals surface area contributed by atoms with E-state index in [4.69, 9.17) is 0 Å². The molecule has 0 spiro atoms. The molecule has 59 valence electrons. The summed E-state index contributed by atoms with van der Waals surface area (Å²) in [6.07, 6.45) is 0. The van der Waals surface area contributed by atoms with Crippen molar-refractivity contribution in [1.82, 2.24) is 0 Å². The Morgan fingerprint density at radius 3 is 2.00 bits per heavy atom. The molecule has 0 unspecified atom stereocenters. The van der Waals surface area contributed by atoms with Gasteiger partial charge in [0.2, 0.25) is 0 Å². The maximum absolute atomic E-state index is 4.00. The first-order valence-corrected chi connectivity index (χ1v) is 7.00. The number of hydrogen-bond donors (Lipinski definition) is 0. The van der Waals surface area contributed by atoms with Gasteiger partial charge in [-0.1, -0.05) is 0 Å². The molecule has 1 aromatic carbocycles. The first kappa shape index (κ1) is 11.2. The van der Waals surface area contributed by atoms with Crippen molar-refractivity contribution in [3.8, 4) is 0 Å². The number of halogens is 4. The van der Waals surface area contributed by atoms with Crippen LogP contribution < -0.4 is 0 Å². The van der Waals surface area contributed by atoms with Crippen LogP contribution >= 0.6 is 90.4 Å². The Balaban J connectivity index is 3.46. The van der Waals surface area contributed by atoms with Crippen LogP contribution in [0.4, 0.5) is 0 Å². The summed E-state index contributed by atoms with van der Waals surface area (Å²) >= 11 is 9.36. The zero-order chi connectivity index (χ0) is 8.59. The molecule has 11 heavy (non-hydrogen) atoms. The smallest absolute Gasteiger partial charge is 0.0400 e. The second-order valence-corrected chi connectivity index (χ2v) is 6.43.